The number of carbonyl (C=O) groups excluding carboxylic acids is 3. The van der Waals surface area contributed by atoms with Crippen molar-refractivity contribution < 1.29 is 14.4 Å². The van der Waals surface area contributed by atoms with Crippen molar-refractivity contribution in [3.8, 4) is 0 Å². The minimum atomic E-state index is -0.217. The fraction of sp³-hybridized carbons (Fsp3) is 0.688. The van der Waals surface area contributed by atoms with E-state index in [4.69, 9.17) is 0 Å². The van der Waals surface area contributed by atoms with Crippen molar-refractivity contribution >= 4 is 17.7 Å². The zero-order valence-corrected chi connectivity index (χ0v) is 12.6. The highest BCUT2D eigenvalue weighted by Crippen LogP contribution is 2.49. The summed E-state index contributed by atoms with van der Waals surface area (Å²) in [5.74, 6) is -0.471. The SMILES string of the molecule is CCN(CC)C(=O)CN1C(=O)[C@@H]2[C@H](C1=O)[C@H]1C=C[C@H]2CC1. The van der Waals surface area contributed by atoms with E-state index in [2.05, 4.69) is 12.2 Å². The van der Waals surface area contributed by atoms with Crippen molar-refractivity contribution in [2.24, 2.45) is 23.7 Å². The van der Waals surface area contributed by atoms with Gasteiger partial charge in [-0.05, 0) is 38.5 Å². The minimum Gasteiger partial charge on any atom is -0.342 e. The zero-order valence-electron chi connectivity index (χ0n) is 12.6. The lowest BCUT2D eigenvalue weighted by Gasteiger charge is -2.38. The van der Waals surface area contributed by atoms with Crippen molar-refractivity contribution in [1.29, 1.82) is 0 Å². The van der Waals surface area contributed by atoms with Gasteiger partial charge in [0.15, 0.2) is 0 Å². The number of nitrogens with zero attached hydrogens (tertiary/aromatic N) is 2. The Morgan fingerprint density at radius 1 is 1.10 bits per heavy atom. The second-order valence-corrected chi connectivity index (χ2v) is 6.17. The number of hydrogen-bond acceptors (Lipinski definition) is 3. The van der Waals surface area contributed by atoms with Gasteiger partial charge in [0.2, 0.25) is 17.7 Å². The van der Waals surface area contributed by atoms with Crippen LogP contribution in [0.2, 0.25) is 0 Å². The number of imide groups is 1. The summed E-state index contributed by atoms with van der Waals surface area (Å²) in [6, 6.07) is 0. The molecule has 1 heterocycles. The molecule has 114 valence electrons. The normalized spacial score (nSPS) is 33.5. The third-order valence-corrected chi connectivity index (χ3v) is 5.26. The zero-order chi connectivity index (χ0) is 15.1. The van der Waals surface area contributed by atoms with Gasteiger partial charge in [-0.1, -0.05) is 12.2 Å². The van der Waals surface area contributed by atoms with Crippen LogP contribution in [-0.4, -0.2) is 47.2 Å². The van der Waals surface area contributed by atoms with Crippen LogP contribution in [0.25, 0.3) is 0 Å². The Labute approximate surface area is 125 Å². The molecule has 4 rings (SSSR count). The van der Waals surface area contributed by atoms with Gasteiger partial charge in [0.1, 0.15) is 6.54 Å². The van der Waals surface area contributed by atoms with Crippen LogP contribution in [0.3, 0.4) is 0 Å². The molecule has 1 aliphatic heterocycles. The molecule has 0 aromatic heterocycles. The van der Waals surface area contributed by atoms with E-state index in [1.807, 2.05) is 13.8 Å². The minimum absolute atomic E-state index is 0.0915. The molecule has 4 aliphatic rings. The molecule has 2 fully saturated rings. The van der Waals surface area contributed by atoms with E-state index in [1.165, 1.54) is 4.90 Å². The summed E-state index contributed by atoms with van der Waals surface area (Å²) in [5, 5.41) is 0. The van der Waals surface area contributed by atoms with E-state index in [-0.39, 0.29) is 47.9 Å². The lowest BCUT2D eigenvalue weighted by molar-refractivity contribution is -0.146. The number of allylic oxidation sites excluding steroid dienone is 2. The fourth-order valence-corrected chi connectivity index (χ4v) is 4.10. The molecule has 0 aromatic rings. The van der Waals surface area contributed by atoms with Gasteiger partial charge in [-0.15, -0.1) is 0 Å². The molecule has 5 nitrogen and oxygen atoms in total. The largest absolute Gasteiger partial charge is 0.342 e. The Morgan fingerprint density at radius 3 is 1.95 bits per heavy atom. The summed E-state index contributed by atoms with van der Waals surface area (Å²) >= 11 is 0. The van der Waals surface area contributed by atoms with Crippen LogP contribution < -0.4 is 0 Å². The highest BCUT2D eigenvalue weighted by molar-refractivity contribution is 6.08. The molecule has 0 radical (unpaired) electrons. The van der Waals surface area contributed by atoms with Crippen LogP contribution in [0, 0.1) is 23.7 Å². The van der Waals surface area contributed by atoms with Gasteiger partial charge in [0.25, 0.3) is 0 Å². The highest BCUT2D eigenvalue weighted by Gasteiger charge is 2.56. The second-order valence-electron chi connectivity index (χ2n) is 6.17. The first-order chi connectivity index (χ1) is 10.1. The van der Waals surface area contributed by atoms with Crippen LogP contribution in [0.4, 0.5) is 0 Å². The van der Waals surface area contributed by atoms with Crippen molar-refractivity contribution in [2.45, 2.75) is 26.7 Å². The van der Waals surface area contributed by atoms with Crippen LogP contribution in [0.15, 0.2) is 12.2 Å². The number of carbonyl (C=O) groups is 3. The molecule has 1 saturated carbocycles. The Hall–Kier alpha value is -1.65. The van der Waals surface area contributed by atoms with E-state index < -0.39 is 0 Å². The van der Waals surface area contributed by atoms with Crippen LogP contribution in [0.1, 0.15) is 26.7 Å². The molecule has 0 spiro atoms. The molecular formula is C16H22N2O3. The first-order valence-electron chi connectivity index (χ1n) is 7.89. The van der Waals surface area contributed by atoms with Gasteiger partial charge >= 0.3 is 0 Å². The van der Waals surface area contributed by atoms with Crippen molar-refractivity contribution in [3.05, 3.63) is 12.2 Å². The van der Waals surface area contributed by atoms with Crippen molar-refractivity contribution in [3.63, 3.8) is 0 Å². The first-order valence-corrected chi connectivity index (χ1v) is 7.89. The molecule has 1 saturated heterocycles. The summed E-state index contributed by atoms with van der Waals surface area (Å²) < 4.78 is 0. The fourth-order valence-electron chi connectivity index (χ4n) is 4.10. The van der Waals surface area contributed by atoms with Gasteiger partial charge in [0.05, 0.1) is 11.8 Å². The van der Waals surface area contributed by atoms with Gasteiger partial charge in [-0.25, -0.2) is 0 Å². The molecule has 0 N–H and O–H groups in total. The summed E-state index contributed by atoms with van der Waals surface area (Å²) in [6.07, 6.45) is 6.16. The Kier molecular flexibility index (Phi) is 3.59. The Bertz CT molecular complexity index is 478. The molecular weight excluding hydrogens is 268 g/mol. The third-order valence-electron chi connectivity index (χ3n) is 5.26. The lowest BCUT2D eigenvalue weighted by Crippen LogP contribution is -2.43. The van der Waals surface area contributed by atoms with Gasteiger partial charge in [0, 0.05) is 13.1 Å². The van der Waals surface area contributed by atoms with Gasteiger partial charge < -0.3 is 4.90 Å². The predicted molar refractivity (Wildman–Crippen MR) is 77.0 cm³/mol. The number of likely N-dealkylation sites (N-methyl/N-ethyl adjacent to an activating group) is 1. The number of amides is 3. The summed E-state index contributed by atoms with van der Waals surface area (Å²) in [7, 11) is 0. The van der Waals surface area contributed by atoms with Crippen LogP contribution >= 0.6 is 0 Å². The maximum absolute atomic E-state index is 12.6. The van der Waals surface area contributed by atoms with Crippen molar-refractivity contribution in [1.82, 2.24) is 9.80 Å². The maximum atomic E-state index is 12.6. The van der Waals surface area contributed by atoms with Gasteiger partial charge in [-0.2, -0.15) is 0 Å². The lowest BCUT2D eigenvalue weighted by atomic mass is 9.63. The molecule has 0 aromatic carbocycles. The smallest absolute Gasteiger partial charge is 0.242 e. The average molecular weight is 290 g/mol. The van der Waals surface area contributed by atoms with E-state index >= 15 is 0 Å². The Morgan fingerprint density at radius 2 is 1.57 bits per heavy atom. The number of hydrogen-bond donors (Lipinski definition) is 0. The quantitative estimate of drug-likeness (QED) is 0.574. The van der Waals surface area contributed by atoms with Crippen LogP contribution in [-0.2, 0) is 14.4 Å². The summed E-state index contributed by atoms with van der Waals surface area (Å²) in [4.78, 5) is 40.2. The average Bonchev–Trinajstić information content (AvgIpc) is 2.77. The standard InChI is InChI=1S/C16H22N2O3/c1-3-17(4-2)12(19)9-18-15(20)13-10-5-6-11(8-7-10)14(13)16(18)21/h5-6,10-11,13-14H,3-4,7-9H2,1-2H3/t10-,11-,13-,14+/m0/s1. The first kappa shape index (κ1) is 14.3. The molecule has 4 atom stereocenters. The van der Waals surface area contributed by atoms with Crippen molar-refractivity contribution in [2.75, 3.05) is 19.6 Å². The van der Waals surface area contributed by atoms with Gasteiger partial charge in [-0.3, -0.25) is 19.3 Å². The number of likely N-dealkylation sites (tertiary alicyclic amines) is 1. The third kappa shape index (κ3) is 2.10. The molecule has 5 heteroatoms. The monoisotopic (exact) mass is 290 g/mol. The number of fused-ring (bicyclic) bond motifs is 1. The van der Waals surface area contributed by atoms with E-state index in [0.717, 1.165) is 12.8 Å². The van der Waals surface area contributed by atoms with E-state index in [1.54, 1.807) is 4.90 Å². The molecule has 3 amide bonds. The maximum Gasteiger partial charge on any atom is 0.242 e. The summed E-state index contributed by atoms with van der Waals surface area (Å²) in [5.41, 5.74) is 0. The molecule has 2 bridgehead atoms. The van der Waals surface area contributed by atoms with E-state index in [0.29, 0.717) is 13.1 Å². The highest BCUT2D eigenvalue weighted by atomic mass is 16.2. The predicted octanol–water partition coefficient (Wildman–Crippen LogP) is 1.05. The van der Waals surface area contributed by atoms with Crippen LogP contribution in [0.5, 0.6) is 0 Å². The van der Waals surface area contributed by atoms with E-state index in [9.17, 15) is 14.4 Å². The molecule has 0 unspecified atom stereocenters. The second kappa shape index (κ2) is 5.28. The Balaban J connectivity index is 1.78. The molecule has 21 heavy (non-hydrogen) atoms. The topological polar surface area (TPSA) is 57.7 Å². The molecule has 3 aliphatic carbocycles. The summed E-state index contributed by atoms with van der Waals surface area (Å²) in [6.45, 7) is 4.92. The number of rotatable bonds is 4.